The molecule has 1 unspecified atom stereocenters. The fraction of sp³-hybridized carbons (Fsp3) is 0.435. The van der Waals surface area contributed by atoms with E-state index in [0.717, 1.165) is 35.7 Å². The molecular weight excluding hydrogens is 388 g/mol. The molecule has 1 aliphatic rings. The number of hydrogen-bond acceptors (Lipinski definition) is 4. The van der Waals surface area contributed by atoms with Gasteiger partial charge < -0.3 is 19.7 Å². The normalized spacial score (nSPS) is 15.3. The highest BCUT2D eigenvalue weighted by molar-refractivity contribution is 6.34. The fourth-order valence-electron chi connectivity index (χ4n) is 3.42. The lowest BCUT2D eigenvalue weighted by molar-refractivity contribution is -0.122. The quantitative estimate of drug-likeness (QED) is 0.718. The zero-order chi connectivity index (χ0) is 21.0. The first kappa shape index (κ1) is 21.5. The zero-order valence-corrected chi connectivity index (χ0v) is 18.3. The van der Waals surface area contributed by atoms with E-state index in [1.165, 1.54) is 0 Å². The highest BCUT2D eigenvalue weighted by atomic mass is 35.5. The number of ether oxygens (including phenoxy) is 2. The minimum Gasteiger partial charge on any atom is -0.481 e. The number of nitrogens with zero attached hydrogens (tertiary/aromatic N) is 1. The zero-order valence-electron chi connectivity index (χ0n) is 17.5. The maximum Gasteiger partial charge on any atom is 0.265 e. The number of amides is 1. The molecule has 0 aliphatic carbocycles. The molecule has 3 rings (SSSR count). The number of nitrogens with one attached hydrogen (secondary N) is 1. The van der Waals surface area contributed by atoms with Crippen LogP contribution < -0.4 is 15.0 Å². The van der Waals surface area contributed by atoms with E-state index in [9.17, 15) is 4.79 Å². The first-order valence-electron chi connectivity index (χ1n) is 10.1. The molecule has 0 saturated carbocycles. The van der Waals surface area contributed by atoms with Crippen LogP contribution in [0.1, 0.15) is 37.8 Å². The van der Waals surface area contributed by atoms with E-state index < -0.39 is 6.10 Å². The van der Waals surface area contributed by atoms with Crippen molar-refractivity contribution in [3.05, 3.63) is 52.5 Å². The molecule has 156 valence electrons. The van der Waals surface area contributed by atoms with Gasteiger partial charge in [0.25, 0.3) is 5.91 Å². The van der Waals surface area contributed by atoms with Gasteiger partial charge in [-0.25, -0.2) is 0 Å². The molecule has 5 nitrogen and oxygen atoms in total. The molecule has 2 aromatic carbocycles. The summed E-state index contributed by atoms with van der Waals surface area (Å²) in [6.07, 6.45) is -0.647. The van der Waals surface area contributed by atoms with Gasteiger partial charge in [-0.05, 0) is 49.1 Å². The SMILES string of the molecule is Cc1ccc(C(C)C)c(OC(C)C(=O)Nc2cccc(Cl)c2N2CCOCC2)c1. The maximum atomic E-state index is 12.9. The lowest BCUT2D eigenvalue weighted by Crippen LogP contribution is -2.37. The van der Waals surface area contributed by atoms with Crippen LogP contribution in [0.5, 0.6) is 5.75 Å². The second-order valence-corrected chi connectivity index (χ2v) is 8.09. The van der Waals surface area contributed by atoms with Crippen molar-refractivity contribution < 1.29 is 14.3 Å². The van der Waals surface area contributed by atoms with Crippen LogP contribution in [-0.4, -0.2) is 38.3 Å². The number of carbonyl (C=O) groups is 1. The van der Waals surface area contributed by atoms with E-state index in [4.69, 9.17) is 21.1 Å². The molecule has 0 radical (unpaired) electrons. The second-order valence-electron chi connectivity index (χ2n) is 7.68. The summed E-state index contributed by atoms with van der Waals surface area (Å²) in [4.78, 5) is 15.1. The summed E-state index contributed by atoms with van der Waals surface area (Å²) in [5.41, 5.74) is 3.71. The number of halogens is 1. The molecule has 0 aromatic heterocycles. The van der Waals surface area contributed by atoms with Crippen LogP contribution >= 0.6 is 11.6 Å². The van der Waals surface area contributed by atoms with E-state index in [2.05, 4.69) is 36.2 Å². The molecule has 1 fully saturated rings. The van der Waals surface area contributed by atoms with Crippen LogP contribution in [0.2, 0.25) is 5.02 Å². The summed E-state index contributed by atoms with van der Waals surface area (Å²) < 4.78 is 11.5. The van der Waals surface area contributed by atoms with Gasteiger partial charge in [0.1, 0.15) is 5.75 Å². The number of aryl methyl sites for hydroxylation is 1. The molecule has 1 aliphatic heterocycles. The molecule has 1 N–H and O–H groups in total. The third kappa shape index (κ3) is 5.22. The van der Waals surface area contributed by atoms with Crippen molar-refractivity contribution >= 4 is 28.9 Å². The summed E-state index contributed by atoms with van der Waals surface area (Å²) in [5, 5.41) is 3.61. The van der Waals surface area contributed by atoms with Gasteiger partial charge in [-0.3, -0.25) is 4.79 Å². The molecule has 0 spiro atoms. The molecule has 2 aromatic rings. The van der Waals surface area contributed by atoms with Gasteiger partial charge in [0, 0.05) is 13.1 Å². The monoisotopic (exact) mass is 416 g/mol. The highest BCUT2D eigenvalue weighted by Crippen LogP contribution is 2.35. The number of morpholine rings is 1. The molecule has 1 amide bonds. The minimum absolute atomic E-state index is 0.210. The lowest BCUT2D eigenvalue weighted by Gasteiger charge is -2.31. The standard InChI is InChI=1S/C23H29ClN2O3/c1-15(2)18-9-8-16(3)14-21(18)29-17(4)23(27)25-20-7-5-6-19(24)22(20)26-10-12-28-13-11-26/h5-9,14-15,17H,10-13H2,1-4H3,(H,25,27). The molecule has 1 heterocycles. The molecular formula is C23H29ClN2O3. The average molecular weight is 417 g/mol. The van der Waals surface area contributed by atoms with Gasteiger partial charge >= 0.3 is 0 Å². The lowest BCUT2D eigenvalue weighted by atomic mass is 10.0. The van der Waals surface area contributed by atoms with Crippen molar-refractivity contribution in [1.29, 1.82) is 0 Å². The average Bonchev–Trinajstić information content (AvgIpc) is 2.68. The van der Waals surface area contributed by atoms with Crippen molar-refractivity contribution in [2.45, 2.75) is 39.7 Å². The molecule has 0 bridgehead atoms. The molecule has 29 heavy (non-hydrogen) atoms. The topological polar surface area (TPSA) is 50.8 Å². The Morgan fingerprint density at radius 2 is 1.90 bits per heavy atom. The molecule has 6 heteroatoms. The number of carbonyl (C=O) groups excluding carboxylic acids is 1. The van der Waals surface area contributed by atoms with Crippen molar-refractivity contribution in [2.75, 3.05) is 36.5 Å². The Hall–Kier alpha value is -2.24. The predicted octanol–water partition coefficient (Wildman–Crippen LogP) is 5.01. The van der Waals surface area contributed by atoms with Crippen molar-refractivity contribution in [3.63, 3.8) is 0 Å². The minimum atomic E-state index is -0.647. The van der Waals surface area contributed by atoms with Crippen LogP contribution in [0.4, 0.5) is 11.4 Å². The first-order chi connectivity index (χ1) is 13.9. The van der Waals surface area contributed by atoms with Gasteiger partial charge in [-0.15, -0.1) is 0 Å². The van der Waals surface area contributed by atoms with E-state index in [-0.39, 0.29) is 5.91 Å². The Bertz CT molecular complexity index is 863. The number of hydrogen-bond donors (Lipinski definition) is 1. The van der Waals surface area contributed by atoms with Gasteiger partial charge in [0.2, 0.25) is 0 Å². The van der Waals surface area contributed by atoms with Gasteiger partial charge in [-0.1, -0.05) is 43.6 Å². The number of benzene rings is 2. The van der Waals surface area contributed by atoms with Crippen molar-refractivity contribution in [1.82, 2.24) is 0 Å². The van der Waals surface area contributed by atoms with Crippen LogP contribution in [-0.2, 0) is 9.53 Å². The summed E-state index contributed by atoms with van der Waals surface area (Å²) in [7, 11) is 0. The largest absolute Gasteiger partial charge is 0.481 e. The fourth-order valence-corrected chi connectivity index (χ4v) is 3.72. The number of rotatable bonds is 6. The van der Waals surface area contributed by atoms with E-state index in [1.807, 2.05) is 31.2 Å². The first-order valence-corrected chi connectivity index (χ1v) is 10.4. The van der Waals surface area contributed by atoms with Crippen molar-refractivity contribution in [2.24, 2.45) is 0 Å². The third-order valence-corrected chi connectivity index (χ3v) is 5.34. The van der Waals surface area contributed by atoms with Crippen molar-refractivity contribution in [3.8, 4) is 5.75 Å². The van der Waals surface area contributed by atoms with Crippen LogP contribution in [0, 0.1) is 6.92 Å². The molecule has 1 atom stereocenters. The van der Waals surface area contributed by atoms with E-state index >= 15 is 0 Å². The summed E-state index contributed by atoms with van der Waals surface area (Å²) in [5.74, 6) is 0.849. The Kier molecular flexibility index (Phi) is 7.04. The summed E-state index contributed by atoms with van der Waals surface area (Å²) >= 11 is 6.46. The van der Waals surface area contributed by atoms with E-state index in [0.29, 0.717) is 29.8 Å². The van der Waals surface area contributed by atoms with Gasteiger partial charge in [0.15, 0.2) is 6.10 Å². The number of anilines is 2. The van der Waals surface area contributed by atoms with Gasteiger partial charge in [-0.2, -0.15) is 0 Å². The Balaban J connectivity index is 1.77. The smallest absolute Gasteiger partial charge is 0.265 e. The van der Waals surface area contributed by atoms with Crippen LogP contribution in [0.15, 0.2) is 36.4 Å². The third-order valence-electron chi connectivity index (χ3n) is 5.04. The van der Waals surface area contributed by atoms with Crippen LogP contribution in [0.3, 0.4) is 0 Å². The molecule has 1 saturated heterocycles. The maximum absolute atomic E-state index is 12.9. The van der Waals surface area contributed by atoms with E-state index in [1.54, 1.807) is 6.92 Å². The summed E-state index contributed by atoms with van der Waals surface area (Å²) in [6.45, 7) is 10.8. The predicted molar refractivity (Wildman–Crippen MR) is 118 cm³/mol. The Labute approximate surface area is 177 Å². The Morgan fingerprint density at radius 1 is 1.17 bits per heavy atom. The second kappa shape index (κ2) is 9.51. The number of para-hydroxylation sites is 1. The van der Waals surface area contributed by atoms with Crippen LogP contribution in [0.25, 0.3) is 0 Å². The summed E-state index contributed by atoms with van der Waals surface area (Å²) in [6, 6.07) is 11.7. The highest BCUT2D eigenvalue weighted by Gasteiger charge is 2.22. The van der Waals surface area contributed by atoms with Gasteiger partial charge in [0.05, 0.1) is 29.6 Å². The Morgan fingerprint density at radius 3 is 2.59 bits per heavy atom.